The number of amides is 1. The van der Waals surface area contributed by atoms with Gasteiger partial charge in [0.1, 0.15) is 10.6 Å². The summed E-state index contributed by atoms with van der Waals surface area (Å²) in [7, 11) is 1.55. The molecule has 1 saturated heterocycles. The molecular weight excluding hydrogens is 290 g/mol. The average molecular weight is 311 g/mol. The predicted octanol–water partition coefficient (Wildman–Crippen LogP) is 2.86. The summed E-state index contributed by atoms with van der Waals surface area (Å²) in [5.41, 5.74) is -0.662. The molecule has 1 N–H and O–H groups in total. The summed E-state index contributed by atoms with van der Waals surface area (Å²) >= 11 is 1.36. The first-order valence-corrected chi connectivity index (χ1v) is 8.06. The van der Waals surface area contributed by atoms with Crippen LogP contribution >= 0.6 is 11.3 Å². The molecule has 21 heavy (non-hydrogen) atoms. The number of carboxylic acids is 1. The fourth-order valence-electron chi connectivity index (χ4n) is 2.94. The van der Waals surface area contributed by atoms with Gasteiger partial charge in [0, 0.05) is 13.1 Å². The summed E-state index contributed by atoms with van der Waals surface area (Å²) in [6, 6.07) is 1.78. The van der Waals surface area contributed by atoms with E-state index in [4.69, 9.17) is 4.74 Å². The maximum Gasteiger partial charge on any atom is 0.309 e. The Morgan fingerprint density at radius 2 is 2.10 bits per heavy atom. The van der Waals surface area contributed by atoms with E-state index in [9.17, 15) is 14.7 Å². The normalized spacial score (nSPS) is 17.5. The van der Waals surface area contributed by atoms with Crippen molar-refractivity contribution in [1.82, 2.24) is 4.90 Å². The van der Waals surface area contributed by atoms with Gasteiger partial charge in [0.2, 0.25) is 0 Å². The van der Waals surface area contributed by atoms with Crippen LogP contribution in [0.1, 0.15) is 42.3 Å². The molecule has 1 aromatic rings. The third kappa shape index (κ3) is 3.05. The lowest BCUT2D eigenvalue weighted by atomic mass is 9.75. The number of thiophene rings is 1. The molecule has 0 saturated carbocycles. The molecular formula is C15H21NO4S. The van der Waals surface area contributed by atoms with Gasteiger partial charge in [-0.1, -0.05) is 13.3 Å². The summed E-state index contributed by atoms with van der Waals surface area (Å²) in [6.07, 6.45) is 2.57. The van der Waals surface area contributed by atoms with Crippen molar-refractivity contribution in [3.63, 3.8) is 0 Å². The Labute approximate surface area is 128 Å². The highest BCUT2D eigenvalue weighted by molar-refractivity contribution is 7.12. The van der Waals surface area contributed by atoms with Crippen molar-refractivity contribution in [2.24, 2.45) is 5.41 Å². The molecule has 6 heteroatoms. The van der Waals surface area contributed by atoms with Gasteiger partial charge in [-0.05, 0) is 30.7 Å². The van der Waals surface area contributed by atoms with Gasteiger partial charge in [-0.3, -0.25) is 9.59 Å². The van der Waals surface area contributed by atoms with E-state index in [-0.39, 0.29) is 5.91 Å². The van der Waals surface area contributed by atoms with Gasteiger partial charge >= 0.3 is 5.97 Å². The van der Waals surface area contributed by atoms with E-state index >= 15 is 0 Å². The SMILES string of the molecule is CCCC1(C(=O)O)CCN(C(=O)c2sccc2OC)CC1. The quantitative estimate of drug-likeness (QED) is 0.908. The molecule has 1 fully saturated rings. The zero-order chi connectivity index (χ0) is 15.5. The fraction of sp³-hybridized carbons (Fsp3) is 0.600. The Balaban J connectivity index is 2.07. The van der Waals surface area contributed by atoms with Gasteiger partial charge in [0.05, 0.1) is 12.5 Å². The smallest absolute Gasteiger partial charge is 0.309 e. The van der Waals surface area contributed by atoms with E-state index in [1.165, 1.54) is 11.3 Å². The van der Waals surface area contributed by atoms with Crippen LogP contribution in [0.15, 0.2) is 11.4 Å². The molecule has 1 aromatic heterocycles. The van der Waals surface area contributed by atoms with Crippen LogP contribution in [-0.2, 0) is 4.79 Å². The van der Waals surface area contributed by atoms with Gasteiger partial charge in [0.25, 0.3) is 5.91 Å². The summed E-state index contributed by atoms with van der Waals surface area (Å²) in [5.74, 6) is -0.198. The van der Waals surface area contributed by atoms with Crippen LogP contribution in [0.5, 0.6) is 5.75 Å². The largest absolute Gasteiger partial charge is 0.495 e. The number of rotatable bonds is 5. The maximum absolute atomic E-state index is 12.5. The zero-order valence-electron chi connectivity index (χ0n) is 12.4. The summed E-state index contributed by atoms with van der Waals surface area (Å²) in [4.78, 5) is 26.4. The summed E-state index contributed by atoms with van der Waals surface area (Å²) < 4.78 is 5.18. The lowest BCUT2D eigenvalue weighted by Gasteiger charge is -2.38. The third-order valence-corrected chi connectivity index (χ3v) is 5.12. The van der Waals surface area contributed by atoms with Crippen molar-refractivity contribution in [3.8, 4) is 5.75 Å². The third-order valence-electron chi connectivity index (χ3n) is 4.23. The lowest BCUT2D eigenvalue weighted by molar-refractivity contribution is -0.152. The Morgan fingerprint density at radius 1 is 1.43 bits per heavy atom. The van der Waals surface area contributed by atoms with Crippen LogP contribution in [-0.4, -0.2) is 42.1 Å². The van der Waals surface area contributed by atoms with Gasteiger partial charge in [-0.25, -0.2) is 0 Å². The van der Waals surface area contributed by atoms with Gasteiger partial charge < -0.3 is 14.7 Å². The topological polar surface area (TPSA) is 66.8 Å². The van der Waals surface area contributed by atoms with Crippen molar-refractivity contribution in [2.75, 3.05) is 20.2 Å². The van der Waals surface area contributed by atoms with Crippen LogP contribution < -0.4 is 4.74 Å². The zero-order valence-corrected chi connectivity index (χ0v) is 13.2. The number of aliphatic carboxylic acids is 1. The summed E-state index contributed by atoms with van der Waals surface area (Å²) in [6.45, 7) is 2.98. The highest BCUT2D eigenvalue weighted by Gasteiger charge is 2.41. The van der Waals surface area contributed by atoms with Crippen LogP contribution in [0.2, 0.25) is 0 Å². The van der Waals surface area contributed by atoms with Gasteiger partial charge in [-0.2, -0.15) is 0 Å². The average Bonchev–Trinajstić information content (AvgIpc) is 2.96. The van der Waals surface area contributed by atoms with Crippen molar-refractivity contribution in [3.05, 3.63) is 16.3 Å². The van der Waals surface area contributed by atoms with E-state index in [2.05, 4.69) is 0 Å². The molecule has 116 valence electrons. The Hall–Kier alpha value is -1.56. The van der Waals surface area contributed by atoms with E-state index in [0.29, 0.717) is 43.0 Å². The molecule has 1 aliphatic rings. The molecule has 0 radical (unpaired) electrons. The number of ether oxygens (including phenoxy) is 1. The van der Waals surface area contributed by atoms with Crippen LogP contribution in [0.4, 0.5) is 0 Å². The van der Waals surface area contributed by atoms with Crippen molar-refractivity contribution < 1.29 is 19.4 Å². The van der Waals surface area contributed by atoms with Crippen LogP contribution in [0, 0.1) is 5.41 Å². The Morgan fingerprint density at radius 3 is 2.62 bits per heavy atom. The number of hydrogen-bond acceptors (Lipinski definition) is 4. The second-order valence-electron chi connectivity index (χ2n) is 5.45. The van der Waals surface area contributed by atoms with Gasteiger partial charge in [0.15, 0.2) is 0 Å². The number of piperidine rings is 1. The number of likely N-dealkylation sites (tertiary alicyclic amines) is 1. The molecule has 2 heterocycles. The van der Waals surface area contributed by atoms with Gasteiger partial charge in [-0.15, -0.1) is 11.3 Å². The molecule has 0 spiro atoms. The molecule has 5 nitrogen and oxygen atoms in total. The first kappa shape index (κ1) is 15.8. The van der Waals surface area contributed by atoms with Crippen LogP contribution in [0.3, 0.4) is 0 Å². The molecule has 0 aliphatic carbocycles. The van der Waals surface area contributed by atoms with E-state index in [1.54, 1.807) is 18.1 Å². The van der Waals surface area contributed by atoms with Crippen LogP contribution in [0.25, 0.3) is 0 Å². The second kappa shape index (κ2) is 6.47. The van der Waals surface area contributed by atoms with E-state index in [1.807, 2.05) is 12.3 Å². The van der Waals surface area contributed by atoms with Crippen molar-refractivity contribution >= 4 is 23.2 Å². The number of carboxylic acid groups (broad SMARTS) is 1. The molecule has 1 aliphatic heterocycles. The number of methoxy groups -OCH3 is 1. The number of hydrogen-bond donors (Lipinski definition) is 1. The first-order valence-electron chi connectivity index (χ1n) is 7.18. The molecule has 0 aromatic carbocycles. The Kier molecular flexibility index (Phi) is 4.88. The highest BCUT2D eigenvalue weighted by atomic mass is 32.1. The minimum atomic E-state index is -0.731. The minimum absolute atomic E-state index is 0.0580. The molecule has 2 rings (SSSR count). The molecule has 0 atom stereocenters. The van der Waals surface area contributed by atoms with Crippen molar-refractivity contribution in [2.45, 2.75) is 32.6 Å². The highest BCUT2D eigenvalue weighted by Crippen LogP contribution is 2.37. The standard InChI is InChI=1S/C15H21NO4S/c1-3-5-15(14(18)19)6-8-16(9-7-15)13(17)12-11(20-2)4-10-21-12/h4,10H,3,5-9H2,1-2H3,(H,18,19). The van der Waals surface area contributed by atoms with Crippen molar-refractivity contribution in [1.29, 1.82) is 0 Å². The monoisotopic (exact) mass is 311 g/mol. The maximum atomic E-state index is 12.5. The number of nitrogens with zero attached hydrogens (tertiary/aromatic N) is 1. The molecule has 0 bridgehead atoms. The van der Waals surface area contributed by atoms with E-state index in [0.717, 1.165) is 6.42 Å². The fourth-order valence-corrected chi connectivity index (χ4v) is 3.77. The van der Waals surface area contributed by atoms with E-state index < -0.39 is 11.4 Å². The summed E-state index contributed by atoms with van der Waals surface area (Å²) in [5, 5.41) is 11.3. The number of carbonyl (C=O) groups excluding carboxylic acids is 1. The number of carbonyl (C=O) groups is 2. The predicted molar refractivity (Wildman–Crippen MR) is 81.0 cm³/mol. The molecule has 0 unspecified atom stereocenters. The Bertz CT molecular complexity index is 517. The lowest BCUT2D eigenvalue weighted by Crippen LogP contribution is -2.46. The first-order chi connectivity index (χ1) is 10.0. The second-order valence-corrected chi connectivity index (χ2v) is 6.36. The molecule has 1 amide bonds. The minimum Gasteiger partial charge on any atom is -0.495 e.